The monoisotopic (exact) mass is 539 g/mol. The molecule has 0 bridgehead atoms. The number of nitrogens with one attached hydrogen (secondary N) is 2. The molecule has 1 aliphatic rings. The lowest BCUT2D eigenvalue weighted by Crippen LogP contribution is -2.48. The Labute approximate surface area is 223 Å². The molecule has 1 aliphatic carbocycles. The number of hydrogen-bond acceptors (Lipinski definition) is 5. The zero-order valence-electron chi connectivity index (χ0n) is 20.8. The lowest BCUT2D eigenvalue weighted by molar-refractivity contribution is -0.127. The predicted octanol–water partition coefficient (Wildman–Crippen LogP) is 4.33. The summed E-state index contributed by atoms with van der Waals surface area (Å²) in [6.45, 7) is 0. The van der Waals surface area contributed by atoms with Crippen LogP contribution in [0.4, 0.5) is 15.8 Å². The topological polar surface area (TPSA) is 109 Å². The van der Waals surface area contributed by atoms with E-state index in [-0.39, 0.29) is 17.7 Å². The maximum absolute atomic E-state index is 13.6. The molecule has 1 saturated carbocycles. The first-order chi connectivity index (χ1) is 18.4. The van der Waals surface area contributed by atoms with E-state index in [4.69, 9.17) is 4.42 Å². The normalized spacial score (nSPS) is 15.3. The minimum Gasteiger partial charge on any atom is -0.467 e. The molecule has 1 heterocycles. The molecule has 0 aliphatic heterocycles. The van der Waals surface area contributed by atoms with E-state index in [0.29, 0.717) is 11.4 Å². The van der Waals surface area contributed by atoms with E-state index in [9.17, 15) is 23.0 Å². The van der Waals surface area contributed by atoms with Crippen molar-refractivity contribution in [3.63, 3.8) is 0 Å². The van der Waals surface area contributed by atoms with Crippen LogP contribution in [0, 0.1) is 5.82 Å². The maximum Gasteiger partial charge on any atom is 0.251 e. The van der Waals surface area contributed by atoms with Crippen LogP contribution in [0.25, 0.3) is 0 Å². The van der Waals surface area contributed by atoms with Gasteiger partial charge in [-0.05, 0) is 61.4 Å². The molecule has 2 aromatic carbocycles. The average Bonchev–Trinajstić information content (AvgIpc) is 3.43. The fraction of sp³-hybridized carbons (Fsp3) is 0.321. The first kappa shape index (κ1) is 27.3. The largest absolute Gasteiger partial charge is 0.467 e. The van der Waals surface area contributed by atoms with E-state index in [1.54, 1.807) is 42.5 Å². The Morgan fingerprint density at radius 2 is 1.66 bits per heavy atom. The standard InChI is InChI=1S/C28H30FN3O5S/c29-20-13-15-22(16-14-20)30-25(33)18-38(36)19-26(34)32(23-10-5-2-6-11-23)27(24-12-7-17-37-24)28(35)31-21-8-3-1-4-9-21/h2,5-7,10-17,21,27H,1,3-4,8-9,18-19H2,(H,30,33)(H,31,35)/t27?,38-/m0/s1. The molecule has 3 amide bonds. The molecule has 0 saturated heterocycles. The summed E-state index contributed by atoms with van der Waals surface area (Å²) in [4.78, 5) is 40.9. The Bertz CT molecular complexity index is 1250. The minimum atomic E-state index is -1.88. The third-order valence-corrected chi connectivity index (χ3v) is 7.43. The highest BCUT2D eigenvalue weighted by molar-refractivity contribution is 7.86. The van der Waals surface area contributed by atoms with E-state index in [1.165, 1.54) is 35.4 Å². The number of hydrogen-bond donors (Lipinski definition) is 2. The second-order valence-corrected chi connectivity index (χ2v) is 10.6. The Kier molecular flexibility index (Phi) is 9.42. The fourth-order valence-corrected chi connectivity index (χ4v) is 5.39. The average molecular weight is 540 g/mol. The number of amides is 3. The van der Waals surface area contributed by atoms with Crippen LogP contribution in [-0.2, 0) is 25.2 Å². The molecule has 1 fully saturated rings. The van der Waals surface area contributed by atoms with E-state index >= 15 is 0 Å². The highest BCUT2D eigenvalue weighted by Gasteiger charge is 2.36. The van der Waals surface area contributed by atoms with Crippen LogP contribution < -0.4 is 15.5 Å². The number of furan rings is 1. The summed E-state index contributed by atoms with van der Waals surface area (Å²) < 4.78 is 31.6. The van der Waals surface area contributed by atoms with Crippen molar-refractivity contribution in [1.82, 2.24) is 5.32 Å². The van der Waals surface area contributed by atoms with Crippen molar-refractivity contribution < 1.29 is 27.4 Å². The van der Waals surface area contributed by atoms with Gasteiger partial charge in [0.2, 0.25) is 11.8 Å². The van der Waals surface area contributed by atoms with Gasteiger partial charge in [-0.15, -0.1) is 0 Å². The van der Waals surface area contributed by atoms with Crippen LogP contribution in [0.15, 0.2) is 77.4 Å². The number of halogens is 1. The molecule has 0 radical (unpaired) electrons. The van der Waals surface area contributed by atoms with Crippen molar-refractivity contribution >= 4 is 39.9 Å². The molecule has 200 valence electrons. The van der Waals surface area contributed by atoms with Crippen molar-refractivity contribution in [3.8, 4) is 0 Å². The molecule has 38 heavy (non-hydrogen) atoms. The molecule has 2 atom stereocenters. The fourth-order valence-electron chi connectivity index (χ4n) is 4.51. The number of anilines is 2. The molecule has 0 spiro atoms. The molecule has 10 heteroatoms. The lowest BCUT2D eigenvalue weighted by Gasteiger charge is -2.32. The van der Waals surface area contributed by atoms with Crippen molar-refractivity contribution in [2.45, 2.75) is 44.2 Å². The van der Waals surface area contributed by atoms with Gasteiger partial charge in [0.25, 0.3) is 5.91 Å². The molecule has 3 aromatic rings. The van der Waals surface area contributed by atoms with Gasteiger partial charge in [-0.1, -0.05) is 37.5 Å². The first-order valence-electron chi connectivity index (χ1n) is 12.5. The van der Waals surface area contributed by atoms with Crippen LogP contribution >= 0.6 is 0 Å². The van der Waals surface area contributed by atoms with E-state index in [0.717, 1.165) is 32.1 Å². The number of carbonyl (C=O) groups is 3. The van der Waals surface area contributed by atoms with Gasteiger partial charge < -0.3 is 15.1 Å². The Balaban J connectivity index is 1.52. The molecule has 4 rings (SSSR count). The van der Waals surface area contributed by atoms with Crippen LogP contribution in [0.3, 0.4) is 0 Å². The zero-order chi connectivity index (χ0) is 26.9. The van der Waals surface area contributed by atoms with Crippen molar-refractivity contribution in [3.05, 3.63) is 84.6 Å². The van der Waals surface area contributed by atoms with Crippen LogP contribution in [0.1, 0.15) is 43.9 Å². The second kappa shape index (κ2) is 13.1. The SMILES string of the molecule is O=C(C[S@](=O)CC(=O)N(c1ccccc1)C(C(=O)NC1CCCCC1)c1ccco1)Nc1ccc(F)cc1. The molecular formula is C28H30FN3O5S. The summed E-state index contributed by atoms with van der Waals surface area (Å²) in [6, 6.07) is 15.9. The quantitative estimate of drug-likeness (QED) is 0.399. The summed E-state index contributed by atoms with van der Waals surface area (Å²) >= 11 is 0. The Morgan fingerprint density at radius 3 is 2.32 bits per heavy atom. The molecule has 2 N–H and O–H groups in total. The van der Waals surface area contributed by atoms with Gasteiger partial charge >= 0.3 is 0 Å². The van der Waals surface area contributed by atoms with Crippen molar-refractivity contribution in [1.29, 1.82) is 0 Å². The number of benzene rings is 2. The van der Waals surface area contributed by atoms with Gasteiger partial charge in [-0.3, -0.25) is 23.5 Å². The van der Waals surface area contributed by atoms with Gasteiger partial charge in [0.05, 0.1) is 6.26 Å². The summed E-state index contributed by atoms with van der Waals surface area (Å²) in [7, 11) is -1.88. The van der Waals surface area contributed by atoms with Crippen LogP contribution in [0.5, 0.6) is 0 Å². The summed E-state index contributed by atoms with van der Waals surface area (Å²) in [5.41, 5.74) is 0.786. The van der Waals surface area contributed by atoms with E-state index < -0.39 is 46.0 Å². The number of para-hydroxylation sites is 1. The first-order valence-corrected chi connectivity index (χ1v) is 14.0. The molecule has 1 unspecified atom stereocenters. The van der Waals surface area contributed by atoms with Gasteiger partial charge in [0, 0.05) is 28.2 Å². The third kappa shape index (κ3) is 7.38. The number of carbonyl (C=O) groups excluding carboxylic acids is 3. The number of rotatable bonds is 10. The predicted molar refractivity (Wildman–Crippen MR) is 143 cm³/mol. The van der Waals surface area contributed by atoms with Crippen LogP contribution in [-0.4, -0.2) is 39.5 Å². The van der Waals surface area contributed by atoms with Gasteiger partial charge in [0.15, 0.2) is 6.04 Å². The molecule has 1 aromatic heterocycles. The van der Waals surface area contributed by atoms with Crippen molar-refractivity contribution in [2.24, 2.45) is 0 Å². The lowest BCUT2D eigenvalue weighted by atomic mass is 9.95. The van der Waals surface area contributed by atoms with E-state index in [1.807, 2.05) is 0 Å². The Hall–Kier alpha value is -3.79. The number of nitrogens with zero attached hydrogens (tertiary/aromatic N) is 1. The maximum atomic E-state index is 13.6. The van der Waals surface area contributed by atoms with E-state index in [2.05, 4.69) is 10.6 Å². The smallest absolute Gasteiger partial charge is 0.251 e. The van der Waals surface area contributed by atoms with Gasteiger partial charge in [0.1, 0.15) is 23.1 Å². The highest BCUT2D eigenvalue weighted by Crippen LogP contribution is 2.29. The third-order valence-electron chi connectivity index (χ3n) is 6.28. The molecule has 8 nitrogen and oxygen atoms in total. The summed E-state index contributed by atoms with van der Waals surface area (Å²) in [5.74, 6) is -2.66. The van der Waals surface area contributed by atoms with Crippen LogP contribution in [0.2, 0.25) is 0 Å². The summed E-state index contributed by atoms with van der Waals surface area (Å²) in [6.07, 6.45) is 6.34. The minimum absolute atomic E-state index is 0.00530. The Morgan fingerprint density at radius 1 is 0.947 bits per heavy atom. The summed E-state index contributed by atoms with van der Waals surface area (Å²) in [5, 5.41) is 5.61. The molecular weight excluding hydrogens is 509 g/mol. The highest BCUT2D eigenvalue weighted by atomic mass is 32.2. The van der Waals surface area contributed by atoms with Crippen molar-refractivity contribution in [2.75, 3.05) is 21.7 Å². The zero-order valence-corrected chi connectivity index (χ0v) is 21.6. The van der Waals surface area contributed by atoms with Gasteiger partial charge in [-0.25, -0.2) is 4.39 Å². The second-order valence-electron chi connectivity index (χ2n) is 9.14. The van der Waals surface area contributed by atoms with Gasteiger partial charge in [-0.2, -0.15) is 0 Å².